The largest absolute Gasteiger partial charge is 0.369 e. The van der Waals surface area contributed by atoms with Crippen LogP contribution in [0.5, 0.6) is 0 Å². The molecule has 3 N–H and O–H groups in total. The van der Waals surface area contributed by atoms with E-state index in [4.69, 9.17) is 5.73 Å². The molecule has 1 atom stereocenters. The van der Waals surface area contributed by atoms with Gasteiger partial charge in [-0.15, -0.1) is 0 Å². The lowest BCUT2D eigenvalue weighted by molar-refractivity contribution is 0.101. The average molecular weight is 410 g/mol. The number of guanidine groups is 1. The number of aromatic nitrogens is 2. The van der Waals surface area contributed by atoms with Crippen molar-refractivity contribution in [2.24, 2.45) is 10.7 Å². The predicted molar refractivity (Wildman–Crippen MR) is 96.9 cm³/mol. The van der Waals surface area contributed by atoms with E-state index >= 15 is 0 Å². The average Bonchev–Trinajstić information content (AvgIpc) is 2.59. The quantitative estimate of drug-likeness (QED) is 0.770. The van der Waals surface area contributed by atoms with Gasteiger partial charge in [0.15, 0.2) is 11.5 Å². The van der Waals surface area contributed by atoms with E-state index in [0.29, 0.717) is 17.8 Å². The summed E-state index contributed by atoms with van der Waals surface area (Å²) in [6, 6.07) is 1.99. The fraction of sp³-hybridized carbons (Fsp3) is 0.250. The van der Waals surface area contributed by atoms with Crippen molar-refractivity contribution < 1.29 is 22.0 Å². The van der Waals surface area contributed by atoms with Crippen molar-refractivity contribution in [1.29, 1.82) is 0 Å². The minimum atomic E-state index is -3.69. The minimum Gasteiger partial charge on any atom is -0.369 e. The molecule has 12 heteroatoms. The van der Waals surface area contributed by atoms with E-state index in [1.54, 1.807) is 6.92 Å². The summed E-state index contributed by atoms with van der Waals surface area (Å²) < 4.78 is 52.1. The molecular weight excluding hydrogens is 394 g/mol. The highest BCUT2D eigenvalue weighted by Crippen LogP contribution is 2.32. The number of hydrogen-bond donors (Lipinski definition) is 2. The molecule has 3 rings (SSSR count). The minimum absolute atomic E-state index is 0.152. The Hall–Kier alpha value is -3.15. The van der Waals surface area contributed by atoms with E-state index in [0.717, 1.165) is 4.31 Å². The van der Waals surface area contributed by atoms with Gasteiger partial charge in [0, 0.05) is 24.9 Å². The Morgan fingerprint density at radius 1 is 1.29 bits per heavy atom. The van der Waals surface area contributed by atoms with Crippen LogP contribution in [-0.4, -0.2) is 47.4 Å². The summed E-state index contributed by atoms with van der Waals surface area (Å²) in [5.74, 6) is -3.48. The Labute approximate surface area is 159 Å². The van der Waals surface area contributed by atoms with Crippen LogP contribution in [0.4, 0.5) is 14.5 Å². The maximum absolute atomic E-state index is 13.7. The number of halogens is 2. The van der Waals surface area contributed by atoms with Gasteiger partial charge in [0.1, 0.15) is 11.4 Å². The van der Waals surface area contributed by atoms with Crippen LogP contribution in [0.25, 0.3) is 0 Å². The van der Waals surface area contributed by atoms with Crippen molar-refractivity contribution in [3.05, 3.63) is 53.6 Å². The lowest BCUT2D eigenvalue weighted by Crippen LogP contribution is -2.50. The van der Waals surface area contributed by atoms with E-state index in [1.165, 1.54) is 25.5 Å². The van der Waals surface area contributed by atoms with Gasteiger partial charge in [0.2, 0.25) is 16.0 Å². The van der Waals surface area contributed by atoms with Gasteiger partial charge in [-0.25, -0.2) is 31.5 Å². The Morgan fingerprint density at radius 3 is 2.64 bits per heavy atom. The van der Waals surface area contributed by atoms with Gasteiger partial charge < -0.3 is 11.1 Å². The molecule has 0 aromatic carbocycles. The molecule has 0 spiro atoms. The smallest absolute Gasteiger partial charge is 0.277 e. The third-order valence-electron chi connectivity index (χ3n) is 4.21. The molecule has 28 heavy (non-hydrogen) atoms. The first-order valence-electron chi connectivity index (χ1n) is 7.92. The fourth-order valence-electron chi connectivity index (χ4n) is 2.67. The zero-order valence-electron chi connectivity index (χ0n) is 14.8. The maximum Gasteiger partial charge on any atom is 0.277 e. The molecule has 0 unspecified atom stereocenters. The standard InChI is InChI=1S/C16H16F2N6O3S/c1-16(8-28(26,27)24(2)15(19)23-16)9-3-11(7-20-5-9)22-14(25)13-12(18)4-10(17)6-21-13/h3-7H,8H2,1-2H3,(H2,19,23)(H,22,25)/t16-/m0/s1. The van der Waals surface area contributed by atoms with E-state index in [9.17, 15) is 22.0 Å². The number of carbonyl (C=O) groups excluding carboxylic acids is 1. The number of anilines is 1. The molecule has 0 aliphatic carbocycles. The molecule has 148 valence electrons. The highest BCUT2D eigenvalue weighted by atomic mass is 32.2. The second kappa shape index (κ2) is 6.78. The van der Waals surface area contributed by atoms with Gasteiger partial charge >= 0.3 is 0 Å². The normalized spacial score (nSPS) is 21.1. The molecule has 1 aliphatic rings. The number of hydrogen-bond acceptors (Lipinski definition) is 7. The molecule has 2 aromatic rings. The monoisotopic (exact) mass is 410 g/mol. The summed E-state index contributed by atoms with van der Waals surface area (Å²) in [5, 5.41) is 2.39. The summed E-state index contributed by atoms with van der Waals surface area (Å²) >= 11 is 0. The van der Waals surface area contributed by atoms with E-state index in [1.807, 2.05) is 0 Å². The number of nitrogens with one attached hydrogen (secondary N) is 1. The van der Waals surface area contributed by atoms with Crippen molar-refractivity contribution >= 4 is 27.6 Å². The number of rotatable bonds is 3. The number of nitrogens with two attached hydrogens (primary N) is 1. The third kappa shape index (κ3) is 3.63. The van der Waals surface area contributed by atoms with Crippen molar-refractivity contribution in [2.45, 2.75) is 12.5 Å². The van der Waals surface area contributed by atoms with Gasteiger partial charge in [-0.2, -0.15) is 0 Å². The Balaban J connectivity index is 1.92. The zero-order chi connectivity index (χ0) is 20.7. The van der Waals surface area contributed by atoms with E-state index in [2.05, 4.69) is 20.3 Å². The van der Waals surface area contributed by atoms with Crippen molar-refractivity contribution in [3.8, 4) is 0 Å². The number of aliphatic imine (C=N–C) groups is 1. The Kier molecular flexibility index (Phi) is 4.75. The van der Waals surface area contributed by atoms with Gasteiger partial charge in [-0.1, -0.05) is 0 Å². The van der Waals surface area contributed by atoms with Gasteiger partial charge in [0.25, 0.3) is 5.91 Å². The van der Waals surface area contributed by atoms with Crippen LogP contribution in [0.1, 0.15) is 23.0 Å². The molecule has 0 saturated heterocycles. The molecule has 0 saturated carbocycles. The van der Waals surface area contributed by atoms with Crippen LogP contribution >= 0.6 is 0 Å². The van der Waals surface area contributed by atoms with E-state index in [-0.39, 0.29) is 17.4 Å². The molecule has 9 nitrogen and oxygen atoms in total. The third-order valence-corrected chi connectivity index (χ3v) is 6.15. The second-order valence-corrected chi connectivity index (χ2v) is 8.37. The highest BCUT2D eigenvalue weighted by molar-refractivity contribution is 7.89. The number of nitrogens with zero attached hydrogens (tertiary/aromatic N) is 4. The zero-order valence-corrected chi connectivity index (χ0v) is 15.7. The molecule has 3 heterocycles. The molecule has 1 amide bonds. The molecule has 1 aliphatic heterocycles. The van der Waals surface area contributed by atoms with Crippen LogP contribution in [0, 0.1) is 11.6 Å². The summed E-state index contributed by atoms with van der Waals surface area (Å²) in [5.41, 5.74) is 4.41. The highest BCUT2D eigenvalue weighted by Gasteiger charge is 2.40. The fourth-order valence-corrected chi connectivity index (χ4v) is 4.13. The van der Waals surface area contributed by atoms with Crippen molar-refractivity contribution in [3.63, 3.8) is 0 Å². The summed E-state index contributed by atoms with van der Waals surface area (Å²) in [6.45, 7) is 1.56. The van der Waals surface area contributed by atoms with Crippen molar-refractivity contribution in [2.75, 3.05) is 18.1 Å². The number of pyridine rings is 2. The number of amides is 1. The molecular formula is C16H16F2N6O3S. The topological polar surface area (TPSA) is 131 Å². The molecule has 0 radical (unpaired) electrons. The predicted octanol–water partition coefficient (Wildman–Crippen LogP) is 0.812. The van der Waals surface area contributed by atoms with Gasteiger partial charge in [-0.05, 0) is 13.0 Å². The summed E-state index contributed by atoms with van der Waals surface area (Å²) in [6.07, 6.45) is 3.39. The lowest BCUT2D eigenvalue weighted by atomic mass is 9.96. The molecule has 2 aromatic heterocycles. The maximum atomic E-state index is 13.7. The van der Waals surface area contributed by atoms with Gasteiger partial charge in [-0.3, -0.25) is 9.78 Å². The van der Waals surface area contributed by atoms with Crippen LogP contribution in [0.3, 0.4) is 0 Å². The summed E-state index contributed by atoms with van der Waals surface area (Å²) in [7, 11) is -2.39. The Morgan fingerprint density at radius 2 is 2.00 bits per heavy atom. The number of sulfonamides is 1. The van der Waals surface area contributed by atoms with Crippen LogP contribution in [0.2, 0.25) is 0 Å². The first kappa shape index (κ1) is 19.6. The van der Waals surface area contributed by atoms with E-state index < -0.39 is 38.8 Å². The molecule has 0 fully saturated rings. The molecule has 0 bridgehead atoms. The van der Waals surface area contributed by atoms with Gasteiger partial charge in [0.05, 0.1) is 23.8 Å². The second-order valence-electron chi connectivity index (χ2n) is 6.37. The van der Waals surface area contributed by atoms with Crippen LogP contribution in [0.15, 0.2) is 35.7 Å². The lowest BCUT2D eigenvalue weighted by Gasteiger charge is -2.34. The van der Waals surface area contributed by atoms with Crippen LogP contribution in [-0.2, 0) is 15.6 Å². The SMILES string of the molecule is CN1C(N)=N[C@](C)(c2cncc(NC(=O)c3ncc(F)cc3F)c2)CS1(=O)=O. The Bertz CT molecular complexity index is 1090. The number of carbonyl (C=O) groups is 1. The summed E-state index contributed by atoms with van der Waals surface area (Å²) in [4.78, 5) is 23.8. The first-order chi connectivity index (χ1) is 13.0. The van der Waals surface area contributed by atoms with Crippen LogP contribution < -0.4 is 11.1 Å². The van der Waals surface area contributed by atoms with Crippen molar-refractivity contribution in [1.82, 2.24) is 14.3 Å². The first-order valence-corrected chi connectivity index (χ1v) is 9.53.